The molecule has 2 heterocycles. The van der Waals surface area contributed by atoms with E-state index in [-0.39, 0.29) is 11.6 Å². The number of ketones is 1. The number of pyridine rings is 1. The van der Waals surface area contributed by atoms with Crippen molar-refractivity contribution in [2.24, 2.45) is 0 Å². The summed E-state index contributed by atoms with van der Waals surface area (Å²) >= 11 is 0. The van der Waals surface area contributed by atoms with E-state index >= 15 is 0 Å². The normalized spacial score (nSPS) is 12.9. The largest absolute Gasteiger partial charge is 0.384 e. The Bertz CT molecular complexity index is 664. The van der Waals surface area contributed by atoms with Gasteiger partial charge < -0.3 is 11.1 Å². The summed E-state index contributed by atoms with van der Waals surface area (Å²) in [5.74, 6) is 0.220. The molecule has 0 aliphatic carbocycles. The Hall–Kier alpha value is -2.36. The van der Waals surface area contributed by atoms with Crippen LogP contribution in [-0.2, 0) is 6.42 Å². The number of aromatic nitrogens is 1. The second-order valence-corrected chi connectivity index (χ2v) is 4.82. The molecule has 3 rings (SSSR count). The number of nitrogens with zero attached hydrogens (tertiary/aromatic N) is 1. The van der Waals surface area contributed by atoms with Crippen molar-refractivity contribution in [2.45, 2.75) is 13.3 Å². The minimum atomic E-state index is -0.0663. The van der Waals surface area contributed by atoms with E-state index in [1.807, 2.05) is 25.1 Å². The number of hydrogen-bond acceptors (Lipinski definition) is 4. The van der Waals surface area contributed by atoms with Gasteiger partial charge in [0.1, 0.15) is 5.82 Å². The number of nitrogens with one attached hydrogen (secondary N) is 1. The molecule has 1 aromatic carbocycles. The predicted molar refractivity (Wildman–Crippen MR) is 75.5 cm³/mol. The minimum absolute atomic E-state index is 0.0663. The van der Waals surface area contributed by atoms with Crippen LogP contribution >= 0.6 is 0 Å². The van der Waals surface area contributed by atoms with E-state index < -0.39 is 0 Å². The summed E-state index contributed by atoms with van der Waals surface area (Å²) in [5, 5.41) is 3.28. The summed E-state index contributed by atoms with van der Waals surface area (Å²) < 4.78 is 0. The molecule has 1 aliphatic heterocycles. The third-order valence-electron chi connectivity index (χ3n) is 3.38. The summed E-state index contributed by atoms with van der Waals surface area (Å²) in [4.78, 5) is 16.5. The molecule has 4 nitrogen and oxygen atoms in total. The van der Waals surface area contributed by atoms with Crippen molar-refractivity contribution >= 4 is 17.3 Å². The van der Waals surface area contributed by atoms with E-state index in [2.05, 4.69) is 10.3 Å². The molecule has 0 radical (unpaired) electrons. The van der Waals surface area contributed by atoms with Gasteiger partial charge in [0.05, 0.1) is 5.56 Å². The van der Waals surface area contributed by atoms with Crippen molar-refractivity contribution in [1.82, 2.24) is 4.98 Å². The number of anilines is 2. The lowest BCUT2D eigenvalue weighted by atomic mass is 10.00. The summed E-state index contributed by atoms with van der Waals surface area (Å²) in [6.07, 6.45) is 2.62. The minimum Gasteiger partial charge on any atom is -0.384 e. The van der Waals surface area contributed by atoms with Gasteiger partial charge in [0.25, 0.3) is 0 Å². The van der Waals surface area contributed by atoms with Gasteiger partial charge in [0, 0.05) is 24.0 Å². The molecule has 3 N–H and O–H groups in total. The Morgan fingerprint density at radius 2 is 2.21 bits per heavy atom. The summed E-state index contributed by atoms with van der Waals surface area (Å²) in [5.41, 5.74) is 10.2. The summed E-state index contributed by atoms with van der Waals surface area (Å²) in [6.45, 7) is 2.83. The van der Waals surface area contributed by atoms with Crippen LogP contribution in [-0.4, -0.2) is 17.3 Å². The van der Waals surface area contributed by atoms with Crippen LogP contribution in [0.5, 0.6) is 0 Å². The molecule has 0 bridgehead atoms. The highest BCUT2D eigenvalue weighted by molar-refractivity contribution is 6.12. The first-order valence-corrected chi connectivity index (χ1v) is 6.29. The smallest absolute Gasteiger partial charge is 0.196 e. The highest BCUT2D eigenvalue weighted by Crippen LogP contribution is 2.25. The number of fused-ring (bicyclic) bond motifs is 1. The fourth-order valence-corrected chi connectivity index (χ4v) is 2.36. The van der Waals surface area contributed by atoms with E-state index in [1.54, 1.807) is 12.3 Å². The zero-order valence-electron chi connectivity index (χ0n) is 10.7. The first-order valence-electron chi connectivity index (χ1n) is 6.29. The van der Waals surface area contributed by atoms with Gasteiger partial charge in [-0.1, -0.05) is 0 Å². The first kappa shape index (κ1) is 11.7. The van der Waals surface area contributed by atoms with Gasteiger partial charge in [-0.2, -0.15) is 0 Å². The zero-order chi connectivity index (χ0) is 13.4. The number of nitrogens with two attached hydrogens (primary N) is 1. The van der Waals surface area contributed by atoms with Crippen LogP contribution in [0.1, 0.15) is 27.0 Å². The standard InChI is InChI=1S/C15H15N3O/c1-9-6-12(15(16)18-8-9)14(19)11-2-3-13-10(7-11)4-5-17-13/h2-3,6-8,17H,4-5H2,1H3,(H2,16,18). The lowest BCUT2D eigenvalue weighted by Gasteiger charge is -2.07. The molecule has 0 saturated heterocycles. The zero-order valence-corrected chi connectivity index (χ0v) is 10.7. The molecule has 0 saturated carbocycles. The predicted octanol–water partition coefficient (Wildman–Crippen LogP) is 2.17. The second-order valence-electron chi connectivity index (χ2n) is 4.82. The van der Waals surface area contributed by atoms with E-state index in [0.717, 1.165) is 24.2 Å². The Morgan fingerprint density at radius 1 is 1.37 bits per heavy atom. The molecular formula is C15H15N3O. The highest BCUT2D eigenvalue weighted by Gasteiger charge is 2.17. The molecule has 0 atom stereocenters. The van der Waals surface area contributed by atoms with Crippen molar-refractivity contribution in [2.75, 3.05) is 17.6 Å². The number of carbonyl (C=O) groups excluding carboxylic acids is 1. The number of rotatable bonds is 2. The third kappa shape index (κ3) is 2.05. The van der Waals surface area contributed by atoms with Crippen LogP contribution in [0, 0.1) is 6.92 Å². The fourth-order valence-electron chi connectivity index (χ4n) is 2.36. The van der Waals surface area contributed by atoms with E-state index in [9.17, 15) is 4.79 Å². The maximum Gasteiger partial charge on any atom is 0.196 e. The Labute approximate surface area is 111 Å². The quantitative estimate of drug-likeness (QED) is 0.805. The van der Waals surface area contributed by atoms with E-state index in [0.29, 0.717) is 11.1 Å². The Morgan fingerprint density at radius 3 is 3.05 bits per heavy atom. The lowest BCUT2D eigenvalue weighted by molar-refractivity contribution is 0.103. The first-order chi connectivity index (χ1) is 9.15. The molecule has 0 unspecified atom stereocenters. The molecule has 0 amide bonds. The molecule has 0 spiro atoms. The van der Waals surface area contributed by atoms with Crippen molar-refractivity contribution < 1.29 is 4.79 Å². The molecule has 96 valence electrons. The van der Waals surface area contributed by atoms with Gasteiger partial charge in [0.2, 0.25) is 0 Å². The van der Waals surface area contributed by atoms with Crippen molar-refractivity contribution in [3.63, 3.8) is 0 Å². The molecule has 19 heavy (non-hydrogen) atoms. The van der Waals surface area contributed by atoms with Crippen molar-refractivity contribution in [3.8, 4) is 0 Å². The van der Waals surface area contributed by atoms with Crippen LogP contribution in [0.25, 0.3) is 0 Å². The monoisotopic (exact) mass is 253 g/mol. The van der Waals surface area contributed by atoms with Crippen molar-refractivity contribution in [3.05, 3.63) is 52.7 Å². The molecule has 0 fully saturated rings. The maximum atomic E-state index is 12.5. The average Bonchev–Trinajstić information content (AvgIpc) is 2.88. The van der Waals surface area contributed by atoms with Crippen molar-refractivity contribution in [1.29, 1.82) is 0 Å². The number of nitrogen functional groups attached to an aromatic ring is 1. The van der Waals surface area contributed by atoms with Gasteiger partial charge in [-0.05, 0) is 48.7 Å². The maximum absolute atomic E-state index is 12.5. The summed E-state index contributed by atoms with van der Waals surface area (Å²) in [7, 11) is 0. The molecule has 2 aromatic rings. The van der Waals surface area contributed by atoms with E-state index in [4.69, 9.17) is 5.73 Å². The van der Waals surface area contributed by atoms with Crippen LogP contribution in [0.4, 0.5) is 11.5 Å². The van der Waals surface area contributed by atoms with Gasteiger partial charge in [-0.25, -0.2) is 4.98 Å². The fraction of sp³-hybridized carbons (Fsp3) is 0.200. The van der Waals surface area contributed by atoms with Gasteiger partial charge in [-0.15, -0.1) is 0 Å². The van der Waals surface area contributed by atoms with Crippen LogP contribution in [0.15, 0.2) is 30.5 Å². The Kier molecular flexibility index (Phi) is 2.71. The van der Waals surface area contributed by atoms with E-state index in [1.165, 1.54) is 5.56 Å². The second kappa shape index (κ2) is 4.39. The van der Waals surface area contributed by atoms with Crippen LogP contribution < -0.4 is 11.1 Å². The number of hydrogen-bond donors (Lipinski definition) is 2. The topological polar surface area (TPSA) is 68.0 Å². The third-order valence-corrected chi connectivity index (χ3v) is 3.38. The number of carbonyl (C=O) groups is 1. The molecule has 1 aromatic heterocycles. The molecule has 4 heteroatoms. The van der Waals surface area contributed by atoms with Gasteiger partial charge in [-0.3, -0.25) is 4.79 Å². The number of benzene rings is 1. The Balaban J connectivity index is 2.02. The van der Waals surface area contributed by atoms with Gasteiger partial charge >= 0.3 is 0 Å². The van der Waals surface area contributed by atoms with Crippen LogP contribution in [0.2, 0.25) is 0 Å². The molecule has 1 aliphatic rings. The lowest BCUT2D eigenvalue weighted by Crippen LogP contribution is -2.07. The van der Waals surface area contributed by atoms with Gasteiger partial charge in [0.15, 0.2) is 5.78 Å². The summed E-state index contributed by atoms with van der Waals surface area (Å²) in [6, 6.07) is 7.52. The van der Waals surface area contributed by atoms with Crippen LogP contribution in [0.3, 0.4) is 0 Å². The number of aryl methyl sites for hydroxylation is 1. The molecular weight excluding hydrogens is 238 g/mol. The SMILES string of the molecule is Cc1cnc(N)c(C(=O)c2ccc3c(c2)CCN3)c1. The average molecular weight is 253 g/mol. The highest BCUT2D eigenvalue weighted by atomic mass is 16.1.